The van der Waals surface area contributed by atoms with Crippen LogP contribution in [-0.2, 0) is 9.53 Å². The Balaban J connectivity index is 2.16. The van der Waals surface area contributed by atoms with Gasteiger partial charge in [-0.3, -0.25) is 0 Å². The van der Waals surface area contributed by atoms with E-state index in [1.54, 1.807) is 6.07 Å². The van der Waals surface area contributed by atoms with Crippen LogP contribution in [0.1, 0.15) is 5.56 Å². The average molecular weight is 282 g/mol. The van der Waals surface area contributed by atoms with E-state index in [9.17, 15) is 15.2 Å². The fourth-order valence-corrected chi connectivity index (χ4v) is 2.73. The third kappa shape index (κ3) is 2.30. The molecule has 5 heteroatoms. The van der Waals surface area contributed by atoms with Crippen molar-refractivity contribution >= 4 is 22.4 Å². The van der Waals surface area contributed by atoms with Crippen LogP contribution in [0.4, 0.5) is 5.69 Å². The van der Waals surface area contributed by atoms with E-state index in [-0.39, 0.29) is 6.61 Å². The molecule has 0 bridgehead atoms. The highest BCUT2D eigenvalue weighted by molar-refractivity contribution is 5.99. The van der Waals surface area contributed by atoms with E-state index in [1.165, 1.54) is 0 Å². The number of benzene rings is 2. The smallest absolute Gasteiger partial charge is 0.328 e. The fraction of sp³-hybridized carbons (Fsp3) is 0.250. The van der Waals surface area contributed by atoms with Crippen molar-refractivity contribution in [3.63, 3.8) is 0 Å². The Labute approximate surface area is 122 Å². The van der Waals surface area contributed by atoms with E-state index in [1.807, 2.05) is 35.2 Å². The summed E-state index contributed by atoms with van der Waals surface area (Å²) in [5.41, 5.74) is 1.43. The van der Waals surface area contributed by atoms with Gasteiger partial charge in [-0.1, -0.05) is 24.3 Å². The molecule has 1 N–H and O–H groups in total. The highest BCUT2D eigenvalue weighted by Gasteiger charge is 2.30. The molecule has 1 aliphatic rings. The topological polar surface area (TPSA) is 73.6 Å². The predicted octanol–water partition coefficient (Wildman–Crippen LogP) is 2.00. The summed E-state index contributed by atoms with van der Waals surface area (Å²) in [6.07, 6.45) is 0. The standard InChI is InChI=1S/C16H14N2O3/c17-9-11-5-6-14(13-4-2-1-3-12(11)13)18-7-8-21-10-15(18)16(19)20/h1-6,15H,7-8,10H2,(H,19,20). The van der Waals surface area contributed by atoms with Crippen LogP contribution < -0.4 is 4.90 Å². The molecular weight excluding hydrogens is 268 g/mol. The lowest BCUT2D eigenvalue weighted by Gasteiger charge is -2.35. The zero-order chi connectivity index (χ0) is 14.8. The summed E-state index contributed by atoms with van der Waals surface area (Å²) in [5.74, 6) is -0.900. The Hall–Kier alpha value is -2.58. The molecule has 1 fully saturated rings. The number of fused-ring (bicyclic) bond motifs is 1. The number of carboxylic acid groups (broad SMARTS) is 1. The van der Waals surface area contributed by atoms with E-state index in [4.69, 9.17) is 4.74 Å². The molecule has 2 aromatic carbocycles. The van der Waals surface area contributed by atoms with Gasteiger partial charge in [-0.25, -0.2) is 4.79 Å². The molecule has 1 atom stereocenters. The van der Waals surface area contributed by atoms with Gasteiger partial charge in [0.1, 0.15) is 0 Å². The number of morpholine rings is 1. The minimum Gasteiger partial charge on any atom is -0.480 e. The summed E-state index contributed by atoms with van der Waals surface area (Å²) in [4.78, 5) is 13.3. The van der Waals surface area contributed by atoms with Crippen LogP contribution in [0.3, 0.4) is 0 Å². The van der Waals surface area contributed by atoms with Gasteiger partial charge in [0, 0.05) is 23.0 Å². The lowest BCUT2D eigenvalue weighted by atomic mass is 10.0. The molecule has 0 radical (unpaired) electrons. The fourth-order valence-electron chi connectivity index (χ4n) is 2.73. The van der Waals surface area contributed by atoms with Crippen molar-refractivity contribution in [2.45, 2.75) is 6.04 Å². The second-order valence-corrected chi connectivity index (χ2v) is 4.91. The molecule has 0 aliphatic carbocycles. The number of anilines is 1. The monoisotopic (exact) mass is 282 g/mol. The molecule has 106 valence electrons. The molecule has 3 rings (SSSR count). The lowest BCUT2D eigenvalue weighted by molar-refractivity contribution is -0.141. The average Bonchev–Trinajstić information content (AvgIpc) is 2.53. The van der Waals surface area contributed by atoms with Crippen LogP contribution in [0.5, 0.6) is 0 Å². The Kier molecular flexibility index (Phi) is 3.46. The van der Waals surface area contributed by atoms with Gasteiger partial charge in [0.25, 0.3) is 0 Å². The van der Waals surface area contributed by atoms with Gasteiger partial charge in [-0.15, -0.1) is 0 Å². The van der Waals surface area contributed by atoms with Crippen molar-refractivity contribution in [1.29, 1.82) is 5.26 Å². The molecule has 21 heavy (non-hydrogen) atoms. The lowest BCUT2D eigenvalue weighted by Crippen LogP contribution is -2.50. The van der Waals surface area contributed by atoms with Crippen LogP contribution in [0.2, 0.25) is 0 Å². The van der Waals surface area contributed by atoms with Crippen molar-refractivity contribution in [3.05, 3.63) is 42.0 Å². The maximum Gasteiger partial charge on any atom is 0.328 e. The van der Waals surface area contributed by atoms with E-state index >= 15 is 0 Å². The molecule has 0 saturated carbocycles. The maximum atomic E-state index is 11.4. The SMILES string of the molecule is N#Cc1ccc(N2CCOCC2C(=O)O)c2ccccc12. The first-order valence-electron chi connectivity index (χ1n) is 6.71. The first-order chi connectivity index (χ1) is 10.2. The minimum absolute atomic E-state index is 0.170. The quantitative estimate of drug-likeness (QED) is 0.912. The zero-order valence-corrected chi connectivity index (χ0v) is 11.3. The van der Waals surface area contributed by atoms with Crippen molar-refractivity contribution < 1.29 is 14.6 Å². The van der Waals surface area contributed by atoms with Crippen LogP contribution in [0.15, 0.2) is 36.4 Å². The number of carboxylic acids is 1. The van der Waals surface area contributed by atoms with Crippen molar-refractivity contribution in [1.82, 2.24) is 0 Å². The number of aliphatic carboxylic acids is 1. The number of nitrogens with zero attached hydrogens (tertiary/aromatic N) is 2. The Morgan fingerprint density at radius 1 is 1.29 bits per heavy atom. The largest absolute Gasteiger partial charge is 0.480 e. The third-order valence-corrected chi connectivity index (χ3v) is 3.74. The van der Waals surface area contributed by atoms with E-state index in [2.05, 4.69) is 6.07 Å². The number of ether oxygens (including phenoxy) is 1. The Bertz CT molecular complexity index is 736. The van der Waals surface area contributed by atoms with E-state index < -0.39 is 12.0 Å². The number of nitriles is 1. The van der Waals surface area contributed by atoms with E-state index in [0.717, 1.165) is 16.5 Å². The van der Waals surface area contributed by atoms with Crippen LogP contribution >= 0.6 is 0 Å². The molecule has 0 amide bonds. The van der Waals surface area contributed by atoms with Crippen LogP contribution in [-0.4, -0.2) is 36.9 Å². The third-order valence-electron chi connectivity index (χ3n) is 3.74. The summed E-state index contributed by atoms with van der Waals surface area (Å²) in [6, 6.07) is 12.6. The van der Waals surface area contributed by atoms with Gasteiger partial charge in [-0.2, -0.15) is 5.26 Å². The highest BCUT2D eigenvalue weighted by Crippen LogP contribution is 2.31. The molecule has 1 heterocycles. The van der Waals surface area contributed by atoms with E-state index in [0.29, 0.717) is 18.7 Å². The number of hydrogen-bond donors (Lipinski definition) is 1. The second kappa shape index (κ2) is 5.43. The summed E-state index contributed by atoms with van der Waals surface area (Å²) >= 11 is 0. The van der Waals surface area contributed by atoms with Crippen molar-refractivity contribution in [3.8, 4) is 6.07 Å². The van der Waals surface area contributed by atoms with Gasteiger partial charge in [0.05, 0.1) is 24.8 Å². The van der Waals surface area contributed by atoms with Crippen molar-refractivity contribution in [2.24, 2.45) is 0 Å². The Morgan fingerprint density at radius 2 is 2.05 bits per heavy atom. The van der Waals surface area contributed by atoms with Crippen molar-refractivity contribution in [2.75, 3.05) is 24.7 Å². The molecule has 0 spiro atoms. The first-order valence-corrected chi connectivity index (χ1v) is 6.71. The molecular formula is C16H14N2O3. The predicted molar refractivity (Wildman–Crippen MR) is 78.3 cm³/mol. The number of hydrogen-bond acceptors (Lipinski definition) is 4. The number of carbonyl (C=O) groups is 1. The maximum absolute atomic E-state index is 11.4. The molecule has 1 aliphatic heterocycles. The normalized spacial score (nSPS) is 18.4. The van der Waals surface area contributed by atoms with Gasteiger partial charge >= 0.3 is 5.97 Å². The highest BCUT2D eigenvalue weighted by atomic mass is 16.5. The summed E-state index contributed by atoms with van der Waals surface area (Å²) in [6.45, 7) is 1.19. The molecule has 2 aromatic rings. The molecule has 1 saturated heterocycles. The first kappa shape index (κ1) is 13.4. The summed E-state index contributed by atoms with van der Waals surface area (Å²) in [7, 11) is 0. The Morgan fingerprint density at radius 3 is 2.76 bits per heavy atom. The zero-order valence-electron chi connectivity index (χ0n) is 11.3. The van der Waals surface area contributed by atoms with Crippen LogP contribution in [0.25, 0.3) is 10.8 Å². The van der Waals surface area contributed by atoms with Gasteiger partial charge in [-0.05, 0) is 12.1 Å². The van der Waals surface area contributed by atoms with Gasteiger partial charge in [0.15, 0.2) is 6.04 Å². The van der Waals surface area contributed by atoms with Gasteiger partial charge in [0.2, 0.25) is 0 Å². The summed E-state index contributed by atoms with van der Waals surface area (Å²) < 4.78 is 5.28. The van der Waals surface area contributed by atoms with Crippen LogP contribution in [0, 0.1) is 11.3 Å². The minimum atomic E-state index is -0.900. The molecule has 5 nitrogen and oxygen atoms in total. The summed E-state index contributed by atoms with van der Waals surface area (Å²) in [5, 5.41) is 20.3. The van der Waals surface area contributed by atoms with Gasteiger partial charge < -0.3 is 14.7 Å². The molecule has 0 aromatic heterocycles. The molecule has 1 unspecified atom stereocenters. The number of rotatable bonds is 2. The second-order valence-electron chi connectivity index (χ2n) is 4.91.